The fraction of sp³-hybridized carbons (Fsp3) is 1.00. The van der Waals surface area contributed by atoms with Crippen LogP contribution in [0.3, 0.4) is 0 Å². The zero-order valence-corrected chi connectivity index (χ0v) is 12.4. The number of nitrogens with zero attached hydrogens (tertiary/aromatic N) is 1. The fourth-order valence-electron chi connectivity index (χ4n) is 3.14. The molecule has 0 aliphatic carbocycles. The van der Waals surface area contributed by atoms with Crippen LogP contribution in [0.5, 0.6) is 0 Å². The molecule has 1 heterocycles. The Labute approximate surface area is 118 Å². The van der Waals surface area contributed by atoms with Gasteiger partial charge in [-0.2, -0.15) is 0 Å². The van der Waals surface area contributed by atoms with Gasteiger partial charge in [-0.15, -0.1) is 0 Å². The summed E-state index contributed by atoms with van der Waals surface area (Å²) in [5.74, 6) is -0.0521. The summed E-state index contributed by atoms with van der Waals surface area (Å²) in [4.78, 5) is 2.27. The summed E-state index contributed by atoms with van der Waals surface area (Å²) in [6.45, 7) is 6.75. The molecular weight excluding hydrogens is 215 g/mol. The van der Waals surface area contributed by atoms with E-state index >= 15 is 0 Å². The molecule has 0 bridgehead atoms. The molecule has 0 aromatic heterocycles. The Balaban J connectivity index is 2.62. The Hall–Kier alpha value is 0.155. The summed E-state index contributed by atoms with van der Waals surface area (Å²) in [7, 11) is 18.5. The van der Waals surface area contributed by atoms with Gasteiger partial charge in [0.1, 0.15) is 0 Å². The molecule has 0 N–H and O–H groups in total. The van der Waals surface area contributed by atoms with Gasteiger partial charge < -0.3 is 4.90 Å². The summed E-state index contributed by atoms with van der Waals surface area (Å²) < 4.78 is 0. The molecule has 0 aromatic carbocycles. The van der Waals surface area contributed by atoms with E-state index in [1.54, 1.807) is 0 Å². The maximum Gasteiger partial charge on any atom is 0.0910 e. The van der Waals surface area contributed by atoms with Crippen LogP contribution in [-0.2, 0) is 0 Å². The molecule has 4 atom stereocenters. The first-order valence-electron chi connectivity index (χ1n) is 7.51. The van der Waals surface area contributed by atoms with E-state index in [9.17, 15) is 0 Å². The van der Waals surface area contributed by atoms with Gasteiger partial charge in [-0.3, -0.25) is 0 Å². The molecule has 1 fully saturated rings. The van der Waals surface area contributed by atoms with Crippen LogP contribution in [0.1, 0.15) is 65.7 Å². The monoisotopic (exact) mass is 241 g/mol. The van der Waals surface area contributed by atoms with Crippen molar-refractivity contribution in [3.63, 3.8) is 0 Å². The molecule has 96 valence electrons. The number of hydrogen-bond acceptors (Lipinski definition) is 1. The molecule has 0 aromatic rings. The zero-order valence-electron chi connectivity index (χ0n) is 12.4. The molecular formula is C14H26B3N. The van der Waals surface area contributed by atoms with E-state index in [-0.39, 0.29) is 23.2 Å². The Bertz CT molecular complexity index is 249. The highest BCUT2D eigenvalue weighted by Crippen LogP contribution is 2.39. The average molecular weight is 241 g/mol. The quantitative estimate of drug-likeness (QED) is 0.489. The van der Waals surface area contributed by atoms with Crippen LogP contribution < -0.4 is 0 Å². The van der Waals surface area contributed by atoms with Crippen LogP contribution in [0.15, 0.2) is 0 Å². The molecule has 1 aliphatic heterocycles. The summed E-state index contributed by atoms with van der Waals surface area (Å²) in [6.07, 6.45) is 8.20. The van der Waals surface area contributed by atoms with Crippen LogP contribution in [0, 0.1) is 0 Å². The molecule has 4 heteroatoms. The fourth-order valence-corrected chi connectivity index (χ4v) is 3.14. The van der Waals surface area contributed by atoms with Gasteiger partial charge in [-0.1, -0.05) is 51.8 Å². The SMILES string of the molecule is [B]C1CC([B])N(C(C)(CC)CCCCCC)C1[B]. The molecule has 6 radical (unpaired) electrons. The molecule has 0 saturated carbocycles. The van der Waals surface area contributed by atoms with Gasteiger partial charge in [0.05, 0.1) is 23.5 Å². The van der Waals surface area contributed by atoms with E-state index in [2.05, 4.69) is 25.7 Å². The molecule has 1 saturated heterocycles. The van der Waals surface area contributed by atoms with Crippen molar-refractivity contribution in [2.45, 2.75) is 89.0 Å². The second-order valence-electron chi connectivity index (χ2n) is 6.03. The number of unbranched alkanes of at least 4 members (excludes halogenated alkanes) is 3. The highest BCUT2D eigenvalue weighted by atomic mass is 15.2. The Morgan fingerprint density at radius 1 is 1.11 bits per heavy atom. The minimum Gasteiger partial charge on any atom is -0.310 e. The molecule has 1 nitrogen and oxygen atoms in total. The van der Waals surface area contributed by atoms with Gasteiger partial charge >= 0.3 is 0 Å². The van der Waals surface area contributed by atoms with E-state index < -0.39 is 0 Å². The third-order valence-corrected chi connectivity index (χ3v) is 4.58. The topological polar surface area (TPSA) is 3.24 Å². The largest absolute Gasteiger partial charge is 0.310 e. The van der Waals surface area contributed by atoms with Crippen molar-refractivity contribution in [1.82, 2.24) is 4.90 Å². The number of hydrogen-bond donors (Lipinski definition) is 0. The summed E-state index contributed by atoms with van der Waals surface area (Å²) in [5, 5.41) is 0. The lowest BCUT2D eigenvalue weighted by Gasteiger charge is -2.45. The zero-order chi connectivity index (χ0) is 13.8. The lowest BCUT2D eigenvalue weighted by Crippen LogP contribution is -2.53. The summed E-state index contributed by atoms with van der Waals surface area (Å²) >= 11 is 0. The first-order chi connectivity index (χ1) is 8.46. The van der Waals surface area contributed by atoms with Crippen molar-refractivity contribution < 1.29 is 0 Å². The minimum absolute atomic E-state index is 0.0153. The number of rotatable bonds is 7. The van der Waals surface area contributed by atoms with Gasteiger partial charge in [0.15, 0.2) is 0 Å². The van der Waals surface area contributed by atoms with Crippen molar-refractivity contribution in [2.75, 3.05) is 0 Å². The standard InChI is InChI=1S/C14H26B3N/c1-4-6-7-8-9-14(3,5-2)18-12(16)10-11(15)13(18)17/h11-13H,4-10H2,1-3H3. The van der Waals surface area contributed by atoms with Crippen LogP contribution in [0.4, 0.5) is 0 Å². The second kappa shape index (κ2) is 7.08. The van der Waals surface area contributed by atoms with E-state index in [4.69, 9.17) is 23.5 Å². The van der Waals surface area contributed by atoms with E-state index in [0.29, 0.717) is 0 Å². The van der Waals surface area contributed by atoms with Crippen molar-refractivity contribution in [2.24, 2.45) is 0 Å². The van der Waals surface area contributed by atoms with Crippen molar-refractivity contribution in [3.05, 3.63) is 0 Å². The maximum atomic E-state index is 6.23. The van der Waals surface area contributed by atoms with Crippen LogP contribution in [0.2, 0.25) is 5.82 Å². The average Bonchev–Trinajstić information content (AvgIpc) is 2.59. The first kappa shape index (κ1) is 16.2. The molecule has 0 spiro atoms. The van der Waals surface area contributed by atoms with E-state index in [1.807, 2.05) is 0 Å². The lowest BCUT2D eigenvalue weighted by atomic mass is 9.71. The predicted octanol–water partition coefficient (Wildman–Crippen LogP) is 2.78. The molecule has 1 rings (SSSR count). The van der Waals surface area contributed by atoms with E-state index in [1.165, 1.54) is 25.7 Å². The second-order valence-corrected chi connectivity index (χ2v) is 6.03. The van der Waals surface area contributed by atoms with Gasteiger partial charge in [0.2, 0.25) is 0 Å². The van der Waals surface area contributed by atoms with Gasteiger partial charge in [-0.25, -0.2) is 0 Å². The minimum atomic E-state index is -0.0869. The van der Waals surface area contributed by atoms with Crippen molar-refractivity contribution in [3.8, 4) is 0 Å². The third kappa shape index (κ3) is 3.59. The summed E-state index contributed by atoms with van der Waals surface area (Å²) in [6, 6.07) is 0. The van der Waals surface area contributed by atoms with Crippen LogP contribution in [0.25, 0.3) is 0 Å². The van der Waals surface area contributed by atoms with Gasteiger partial charge in [0.25, 0.3) is 0 Å². The molecule has 0 amide bonds. The van der Waals surface area contributed by atoms with Crippen molar-refractivity contribution >= 4 is 23.5 Å². The van der Waals surface area contributed by atoms with Gasteiger partial charge in [0, 0.05) is 5.54 Å². The molecule has 1 aliphatic rings. The van der Waals surface area contributed by atoms with Gasteiger partial charge in [-0.05, 0) is 31.6 Å². The summed E-state index contributed by atoms with van der Waals surface area (Å²) in [5.41, 5.74) is 0.0979. The highest BCUT2D eigenvalue weighted by molar-refractivity contribution is 6.23. The van der Waals surface area contributed by atoms with Crippen LogP contribution in [-0.4, -0.2) is 45.9 Å². The third-order valence-electron chi connectivity index (χ3n) is 4.58. The Morgan fingerprint density at radius 2 is 1.78 bits per heavy atom. The smallest absolute Gasteiger partial charge is 0.0910 e. The molecule has 18 heavy (non-hydrogen) atoms. The predicted molar refractivity (Wildman–Crippen MR) is 82.5 cm³/mol. The Morgan fingerprint density at radius 3 is 2.22 bits per heavy atom. The highest BCUT2D eigenvalue weighted by Gasteiger charge is 2.41. The molecule has 4 unspecified atom stereocenters. The normalized spacial score (nSPS) is 32.5. The number of likely N-dealkylation sites (tertiary alicyclic amines) is 1. The van der Waals surface area contributed by atoms with E-state index in [0.717, 1.165) is 19.3 Å². The van der Waals surface area contributed by atoms with Crippen LogP contribution >= 0.6 is 0 Å². The lowest BCUT2D eigenvalue weighted by molar-refractivity contribution is 0.0883. The van der Waals surface area contributed by atoms with Crippen molar-refractivity contribution in [1.29, 1.82) is 0 Å². The maximum absolute atomic E-state index is 6.23. The Kier molecular flexibility index (Phi) is 6.37. The first-order valence-corrected chi connectivity index (χ1v) is 7.51.